The number of ether oxygens (including phenoxy) is 2. The second kappa shape index (κ2) is 23.1. The van der Waals surface area contributed by atoms with Crippen LogP contribution in [0.1, 0.15) is 164 Å². The molecule has 0 fully saturated rings. The van der Waals surface area contributed by atoms with Gasteiger partial charge in [0.05, 0.1) is 18.6 Å². The number of hydrogen-bond acceptors (Lipinski definition) is 4. The van der Waals surface area contributed by atoms with Crippen LogP contribution in [0.2, 0.25) is 0 Å². The Balaban J connectivity index is 3.45. The molecule has 0 radical (unpaired) electrons. The largest absolute Gasteiger partial charge is 0.466 e. The third-order valence-corrected chi connectivity index (χ3v) is 7.08. The molecule has 0 N–H and O–H groups in total. The summed E-state index contributed by atoms with van der Waals surface area (Å²) in [5, 5.41) is 0. The fourth-order valence-electron chi connectivity index (χ4n) is 4.46. The fourth-order valence-corrected chi connectivity index (χ4v) is 4.46. The summed E-state index contributed by atoms with van der Waals surface area (Å²) in [6.45, 7) is 14.1. The highest BCUT2D eigenvalue weighted by atomic mass is 16.5. The van der Waals surface area contributed by atoms with Crippen molar-refractivity contribution in [1.82, 2.24) is 0 Å². The van der Waals surface area contributed by atoms with Crippen LogP contribution >= 0.6 is 0 Å². The third kappa shape index (κ3) is 23.3. The lowest BCUT2D eigenvalue weighted by atomic mass is 9.87. The molecule has 0 aliphatic heterocycles. The van der Waals surface area contributed by atoms with Crippen LogP contribution in [-0.4, -0.2) is 25.2 Å². The highest BCUT2D eigenvalue weighted by molar-refractivity contribution is 5.75. The normalized spacial score (nSPS) is 11.9. The molecule has 0 heterocycles. The van der Waals surface area contributed by atoms with Crippen molar-refractivity contribution in [2.24, 2.45) is 17.3 Å². The van der Waals surface area contributed by atoms with Gasteiger partial charge in [0, 0.05) is 6.42 Å². The van der Waals surface area contributed by atoms with E-state index in [0.29, 0.717) is 19.6 Å². The maximum Gasteiger partial charge on any atom is 0.311 e. The van der Waals surface area contributed by atoms with E-state index in [1.807, 2.05) is 13.8 Å². The van der Waals surface area contributed by atoms with Crippen molar-refractivity contribution in [3.05, 3.63) is 0 Å². The monoisotopic (exact) mass is 510 g/mol. The predicted molar refractivity (Wildman–Crippen MR) is 153 cm³/mol. The van der Waals surface area contributed by atoms with Gasteiger partial charge in [0.25, 0.3) is 0 Å². The van der Waals surface area contributed by atoms with Crippen LogP contribution < -0.4 is 0 Å². The summed E-state index contributed by atoms with van der Waals surface area (Å²) in [6, 6.07) is 0. The molecular weight excluding hydrogens is 448 g/mol. The average molecular weight is 511 g/mol. The van der Waals surface area contributed by atoms with E-state index in [1.165, 1.54) is 64.2 Å². The topological polar surface area (TPSA) is 52.6 Å². The zero-order chi connectivity index (χ0) is 27.1. The van der Waals surface area contributed by atoms with Gasteiger partial charge in [-0.1, -0.05) is 105 Å². The molecular formula is C32H62O4. The number of rotatable bonds is 25. The SMILES string of the molecule is CC(C)CCCCOC(=O)CCCCCCCCCCCCCC(C)(C)C(=O)OCCCCC(C)C. The molecule has 0 unspecified atom stereocenters. The van der Waals surface area contributed by atoms with E-state index < -0.39 is 0 Å². The fraction of sp³-hybridized carbons (Fsp3) is 0.938. The van der Waals surface area contributed by atoms with Crippen LogP contribution in [0.25, 0.3) is 0 Å². The molecule has 0 atom stereocenters. The molecule has 0 amide bonds. The smallest absolute Gasteiger partial charge is 0.311 e. The van der Waals surface area contributed by atoms with Crippen LogP contribution in [0, 0.1) is 17.3 Å². The molecule has 0 aromatic heterocycles. The van der Waals surface area contributed by atoms with E-state index in [0.717, 1.165) is 63.2 Å². The highest BCUT2D eigenvalue weighted by Gasteiger charge is 2.28. The number of esters is 2. The average Bonchev–Trinajstić information content (AvgIpc) is 2.81. The first-order valence-electron chi connectivity index (χ1n) is 15.5. The van der Waals surface area contributed by atoms with E-state index in [-0.39, 0.29) is 17.4 Å². The van der Waals surface area contributed by atoms with Gasteiger partial charge in [-0.05, 0) is 64.2 Å². The number of unbranched alkanes of at least 4 members (excludes halogenated alkanes) is 12. The van der Waals surface area contributed by atoms with E-state index in [9.17, 15) is 9.59 Å². The minimum absolute atomic E-state index is 0.0167. The first kappa shape index (κ1) is 34.9. The van der Waals surface area contributed by atoms with Crippen LogP contribution in [0.5, 0.6) is 0 Å². The van der Waals surface area contributed by atoms with Gasteiger partial charge in [0.2, 0.25) is 0 Å². The Morgan fingerprint density at radius 1 is 0.556 bits per heavy atom. The zero-order valence-electron chi connectivity index (χ0n) is 25.1. The first-order chi connectivity index (χ1) is 17.1. The van der Waals surface area contributed by atoms with Crippen LogP contribution in [0.4, 0.5) is 0 Å². The maximum absolute atomic E-state index is 12.4. The molecule has 0 saturated heterocycles. The molecule has 0 aliphatic carbocycles. The van der Waals surface area contributed by atoms with E-state index in [2.05, 4.69) is 27.7 Å². The summed E-state index contributed by atoms with van der Waals surface area (Å²) in [6.07, 6.45) is 21.6. The summed E-state index contributed by atoms with van der Waals surface area (Å²) in [4.78, 5) is 24.1. The van der Waals surface area contributed by atoms with Crippen LogP contribution in [0.3, 0.4) is 0 Å². The summed E-state index contributed by atoms with van der Waals surface area (Å²) in [5.41, 5.74) is -0.359. The molecule has 0 rings (SSSR count). The summed E-state index contributed by atoms with van der Waals surface area (Å²) in [5.74, 6) is 1.41. The van der Waals surface area contributed by atoms with Crippen molar-refractivity contribution in [3.8, 4) is 0 Å². The Morgan fingerprint density at radius 2 is 0.972 bits per heavy atom. The van der Waals surface area contributed by atoms with Gasteiger partial charge in [-0.2, -0.15) is 0 Å². The third-order valence-electron chi connectivity index (χ3n) is 7.08. The lowest BCUT2D eigenvalue weighted by Gasteiger charge is -2.22. The minimum Gasteiger partial charge on any atom is -0.466 e. The van der Waals surface area contributed by atoms with Crippen molar-refractivity contribution in [3.63, 3.8) is 0 Å². The number of hydrogen-bond donors (Lipinski definition) is 0. The Kier molecular flexibility index (Phi) is 22.4. The molecule has 0 bridgehead atoms. The second-order valence-corrected chi connectivity index (χ2v) is 12.4. The lowest BCUT2D eigenvalue weighted by Crippen LogP contribution is -2.27. The van der Waals surface area contributed by atoms with E-state index >= 15 is 0 Å². The molecule has 0 spiro atoms. The maximum atomic E-state index is 12.4. The number of carbonyl (C=O) groups is 2. The number of carbonyl (C=O) groups excluding carboxylic acids is 2. The summed E-state index contributed by atoms with van der Waals surface area (Å²) >= 11 is 0. The van der Waals surface area contributed by atoms with Gasteiger partial charge in [0.15, 0.2) is 0 Å². The quantitative estimate of drug-likeness (QED) is 0.0905. The Labute approximate surface area is 225 Å². The first-order valence-corrected chi connectivity index (χ1v) is 15.5. The van der Waals surface area contributed by atoms with Crippen molar-refractivity contribution in [2.75, 3.05) is 13.2 Å². The van der Waals surface area contributed by atoms with Crippen LogP contribution in [0.15, 0.2) is 0 Å². The van der Waals surface area contributed by atoms with Gasteiger partial charge in [-0.3, -0.25) is 9.59 Å². The Morgan fingerprint density at radius 3 is 1.44 bits per heavy atom. The molecule has 0 aliphatic rings. The summed E-state index contributed by atoms with van der Waals surface area (Å²) < 4.78 is 10.8. The summed E-state index contributed by atoms with van der Waals surface area (Å²) in [7, 11) is 0. The standard InChI is InChI=1S/C32H62O4/c1-28(2)22-17-20-26-35-30(33)24-16-14-12-10-8-7-9-11-13-15-19-25-32(5,6)31(34)36-27-21-18-23-29(3)4/h28-29H,7-27H2,1-6H3. The van der Waals surface area contributed by atoms with E-state index in [1.54, 1.807) is 0 Å². The van der Waals surface area contributed by atoms with Crippen molar-refractivity contribution < 1.29 is 19.1 Å². The molecule has 0 aromatic carbocycles. The molecule has 0 aromatic rings. The van der Waals surface area contributed by atoms with Gasteiger partial charge < -0.3 is 9.47 Å². The van der Waals surface area contributed by atoms with Crippen molar-refractivity contribution in [1.29, 1.82) is 0 Å². The highest BCUT2D eigenvalue weighted by Crippen LogP contribution is 2.26. The van der Waals surface area contributed by atoms with Gasteiger partial charge in [-0.15, -0.1) is 0 Å². The van der Waals surface area contributed by atoms with Crippen LogP contribution in [-0.2, 0) is 19.1 Å². The predicted octanol–water partition coefficient (Wildman–Crippen LogP) is 9.82. The molecule has 4 heteroatoms. The Bertz CT molecular complexity index is 524. The van der Waals surface area contributed by atoms with Crippen molar-refractivity contribution in [2.45, 2.75) is 164 Å². The minimum atomic E-state index is -0.359. The molecule has 36 heavy (non-hydrogen) atoms. The molecule has 0 saturated carbocycles. The van der Waals surface area contributed by atoms with Crippen molar-refractivity contribution >= 4 is 11.9 Å². The zero-order valence-corrected chi connectivity index (χ0v) is 25.1. The van der Waals surface area contributed by atoms with Gasteiger partial charge in [-0.25, -0.2) is 0 Å². The van der Waals surface area contributed by atoms with Gasteiger partial charge >= 0.3 is 11.9 Å². The molecule has 4 nitrogen and oxygen atoms in total. The lowest BCUT2D eigenvalue weighted by molar-refractivity contribution is -0.154. The van der Waals surface area contributed by atoms with E-state index in [4.69, 9.17) is 9.47 Å². The van der Waals surface area contributed by atoms with Gasteiger partial charge in [0.1, 0.15) is 0 Å². The second-order valence-electron chi connectivity index (χ2n) is 12.4. The molecule has 214 valence electrons. The Hall–Kier alpha value is -1.06.